The molecule has 0 heterocycles. The van der Waals surface area contributed by atoms with Gasteiger partial charge in [-0.3, -0.25) is 0 Å². The highest BCUT2D eigenvalue weighted by Crippen LogP contribution is 2.23. The maximum absolute atomic E-state index is 8.96. The summed E-state index contributed by atoms with van der Waals surface area (Å²) in [5.41, 5.74) is 0. The summed E-state index contributed by atoms with van der Waals surface area (Å²) >= 11 is 1.41. The lowest BCUT2D eigenvalue weighted by molar-refractivity contribution is 0.213. The number of hydrogen-bond acceptors (Lipinski definition) is 4. The van der Waals surface area contributed by atoms with E-state index in [-0.39, 0.29) is 0 Å². The highest BCUT2D eigenvalue weighted by atomic mass is 32.2. The van der Waals surface area contributed by atoms with E-state index in [2.05, 4.69) is 12.3 Å². The molecule has 0 aliphatic carbocycles. The van der Waals surface area contributed by atoms with E-state index < -0.39 is 9.28 Å². The molecule has 124 valence electrons. The smallest absolute Gasteiger partial charge is 0.322 e. The number of unbranched alkanes of at least 4 members (excludes halogenated alkanes) is 6. The fourth-order valence-electron chi connectivity index (χ4n) is 2.40. The third kappa shape index (κ3) is 13.4. The van der Waals surface area contributed by atoms with E-state index in [1.54, 1.807) is 0 Å². The first-order valence-corrected chi connectivity index (χ1v) is 11.2. The average Bonchev–Trinajstić information content (AvgIpc) is 2.47. The molecule has 3 nitrogen and oxygen atoms in total. The van der Waals surface area contributed by atoms with Gasteiger partial charge < -0.3 is 8.85 Å². The van der Waals surface area contributed by atoms with Crippen molar-refractivity contribution in [2.24, 2.45) is 0 Å². The van der Waals surface area contributed by atoms with Crippen LogP contribution in [0.3, 0.4) is 0 Å². The highest BCUT2D eigenvalue weighted by Gasteiger charge is 2.20. The third-order valence-electron chi connectivity index (χ3n) is 3.51. The second-order valence-electron chi connectivity index (χ2n) is 5.32. The predicted molar refractivity (Wildman–Crippen MR) is 94.8 cm³/mol. The molecule has 1 unspecified atom stereocenters. The fourth-order valence-corrected chi connectivity index (χ4v) is 5.47. The van der Waals surface area contributed by atoms with Crippen LogP contribution in [-0.4, -0.2) is 27.7 Å². The summed E-state index contributed by atoms with van der Waals surface area (Å²) in [5, 5.41) is 11.6. The van der Waals surface area contributed by atoms with Gasteiger partial charge in [0.05, 0.1) is 0 Å². The Bertz CT molecular complexity index is 255. The van der Waals surface area contributed by atoms with Gasteiger partial charge in [-0.15, -0.1) is 0 Å². The van der Waals surface area contributed by atoms with Crippen LogP contribution in [0.5, 0.6) is 0 Å². The fraction of sp³-hybridized carbons (Fsp3) is 0.938. The van der Waals surface area contributed by atoms with Crippen LogP contribution in [0.4, 0.5) is 0 Å². The molecule has 0 aromatic rings. The van der Waals surface area contributed by atoms with Gasteiger partial charge in [0.25, 0.3) is 0 Å². The molecule has 5 heteroatoms. The van der Waals surface area contributed by atoms with Crippen molar-refractivity contribution in [2.75, 3.05) is 13.2 Å². The van der Waals surface area contributed by atoms with Gasteiger partial charge >= 0.3 is 9.28 Å². The van der Waals surface area contributed by atoms with Crippen molar-refractivity contribution in [3.8, 4) is 5.40 Å². The first kappa shape index (κ1) is 21.0. The Balaban J connectivity index is 3.86. The predicted octanol–water partition coefficient (Wildman–Crippen LogP) is 5.00. The highest BCUT2D eigenvalue weighted by molar-refractivity contribution is 8.04. The molecule has 0 radical (unpaired) electrons. The molecule has 0 bridgehead atoms. The molecule has 0 N–H and O–H groups in total. The molecule has 0 aliphatic heterocycles. The molecular formula is C16H33NO2SSi. The Hall–Kier alpha value is -0.0231. The minimum absolute atomic E-state index is 0.389. The van der Waals surface area contributed by atoms with Crippen LogP contribution < -0.4 is 0 Å². The molecule has 0 aromatic carbocycles. The zero-order valence-electron chi connectivity index (χ0n) is 14.1. The number of thioether (sulfide) groups is 1. The summed E-state index contributed by atoms with van der Waals surface area (Å²) in [4.78, 5) is 0. The van der Waals surface area contributed by atoms with Crippen molar-refractivity contribution < 1.29 is 8.85 Å². The number of hydrogen-bond donors (Lipinski definition) is 0. The molecule has 0 aliphatic rings. The van der Waals surface area contributed by atoms with Crippen molar-refractivity contribution in [3.05, 3.63) is 0 Å². The maximum Gasteiger partial charge on any atom is 0.322 e. The van der Waals surface area contributed by atoms with Crippen LogP contribution in [0, 0.1) is 10.7 Å². The standard InChI is InChI=1S/C16H33NO2SSi/c1-4-7-8-9-10-11-12-13-16(20-15-17)14-21(18-5-2)19-6-3/h16,21H,4-14H2,1-3H3. The van der Waals surface area contributed by atoms with Gasteiger partial charge in [0.1, 0.15) is 5.40 Å². The van der Waals surface area contributed by atoms with E-state index in [1.807, 2.05) is 13.8 Å². The molecule has 1 atom stereocenters. The summed E-state index contributed by atoms with van der Waals surface area (Å²) in [5.74, 6) is 0. The molecule has 0 rings (SSSR count). The third-order valence-corrected chi connectivity index (χ3v) is 7.08. The molecule has 21 heavy (non-hydrogen) atoms. The average molecular weight is 332 g/mol. The lowest BCUT2D eigenvalue weighted by Gasteiger charge is -2.19. The van der Waals surface area contributed by atoms with Crippen LogP contribution in [0.2, 0.25) is 6.04 Å². The molecule has 0 aromatic heterocycles. The topological polar surface area (TPSA) is 42.2 Å². The summed E-state index contributed by atoms with van der Waals surface area (Å²) < 4.78 is 11.4. The van der Waals surface area contributed by atoms with E-state index in [0.29, 0.717) is 5.25 Å². The van der Waals surface area contributed by atoms with Crippen LogP contribution in [0.25, 0.3) is 0 Å². The van der Waals surface area contributed by atoms with Crippen molar-refractivity contribution >= 4 is 21.0 Å². The number of nitriles is 1. The molecular weight excluding hydrogens is 298 g/mol. The lowest BCUT2D eigenvalue weighted by Crippen LogP contribution is -2.27. The quantitative estimate of drug-likeness (QED) is 0.240. The van der Waals surface area contributed by atoms with Crippen LogP contribution in [0.1, 0.15) is 72.1 Å². The summed E-state index contributed by atoms with van der Waals surface area (Å²) in [6.45, 7) is 7.72. The Morgan fingerprint density at radius 3 is 2.05 bits per heavy atom. The zero-order valence-corrected chi connectivity index (χ0v) is 16.1. The Labute approximate surface area is 137 Å². The van der Waals surface area contributed by atoms with E-state index >= 15 is 0 Å². The van der Waals surface area contributed by atoms with E-state index in [0.717, 1.165) is 25.7 Å². The van der Waals surface area contributed by atoms with Crippen LogP contribution >= 0.6 is 11.8 Å². The first-order chi connectivity index (χ1) is 10.3. The maximum atomic E-state index is 8.96. The van der Waals surface area contributed by atoms with Crippen molar-refractivity contribution in [3.63, 3.8) is 0 Å². The largest absolute Gasteiger partial charge is 0.397 e. The summed E-state index contributed by atoms with van der Waals surface area (Å²) in [6, 6.07) is 0.954. The molecule has 0 fully saturated rings. The van der Waals surface area contributed by atoms with Gasteiger partial charge in [-0.25, -0.2) is 0 Å². The minimum atomic E-state index is -1.57. The Kier molecular flexibility index (Phi) is 16.3. The van der Waals surface area contributed by atoms with Gasteiger partial charge in [-0.05, 0) is 32.0 Å². The van der Waals surface area contributed by atoms with Gasteiger partial charge in [0.15, 0.2) is 0 Å². The Morgan fingerprint density at radius 1 is 0.952 bits per heavy atom. The molecule has 0 spiro atoms. The SMILES string of the molecule is CCCCCCCCCC(C[SiH](OCC)OCC)SC#N. The van der Waals surface area contributed by atoms with Crippen LogP contribution in [-0.2, 0) is 8.85 Å². The van der Waals surface area contributed by atoms with Crippen LogP contribution in [0.15, 0.2) is 0 Å². The molecule has 0 amide bonds. The van der Waals surface area contributed by atoms with E-state index in [1.165, 1.54) is 56.7 Å². The van der Waals surface area contributed by atoms with Gasteiger partial charge in [0.2, 0.25) is 0 Å². The molecule has 0 saturated carbocycles. The second kappa shape index (κ2) is 16.3. The minimum Gasteiger partial charge on any atom is -0.397 e. The summed E-state index contributed by atoms with van der Waals surface area (Å²) in [6.07, 6.45) is 10.4. The molecule has 0 saturated heterocycles. The van der Waals surface area contributed by atoms with E-state index in [4.69, 9.17) is 14.1 Å². The second-order valence-corrected chi connectivity index (χ2v) is 8.40. The van der Waals surface area contributed by atoms with Gasteiger partial charge in [-0.1, -0.05) is 51.9 Å². The van der Waals surface area contributed by atoms with Crippen molar-refractivity contribution in [2.45, 2.75) is 83.4 Å². The number of thiocyanates is 1. The first-order valence-electron chi connectivity index (χ1n) is 8.56. The van der Waals surface area contributed by atoms with Crippen molar-refractivity contribution in [1.82, 2.24) is 0 Å². The van der Waals surface area contributed by atoms with Gasteiger partial charge in [-0.2, -0.15) is 5.26 Å². The monoisotopic (exact) mass is 331 g/mol. The lowest BCUT2D eigenvalue weighted by atomic mass is 10.1. The number of rotatable bonds is 15. The van der Waals surface area contributed by atoms with Gasteiger partial charge in [0, 0.05) is 24.5 Å². The van der Waals surface area contributed by atoms with Crippen molar-refractivity contribution in [1.29, 1.82) is 5.26 Å². The normalized spacial score (nSPS) is 12.5. The summed E-state index contributed by atoms with van der Waals surface area (Å²) in [7, 11) is -1.57. The van der Waals surface area contributed by atoms with E-state index in [9.17, 15) is 0 Å². The Morgan fingerprint density at radius 2 is 1.52 bits per heavy atom. The zero-order chi connectivity index (χ0) is 15.8. The number of nitrogens with zero attached hydrogens (tertiary/aromatic N) is 1.